The zero-order valence-corrected chi connectivity index (χ0v) is 12.2. The van der Waals surface area contributed by atoms with Gasteiger partial charge in [-0.15, -0.1) is 0 Å². The molecule has 18 heavy (non-hydrogen) atoms. The van der Waals surface area contributed by atoms with E-state index in [1.165, 1.54) is 38.6 Å². The average molecular weight is 251 g/mol. The van der Waals surface area contributed by atoms with Crippen LogP contribution in [0.15, 0.2) is 0 Å². The molecular weight excluding hydrogens is 222 g/mol. The molecule has 2 aliphatic rings. The summed E-state index contributed by atoms with van der Waals surface area (Å²) in [5.74, 6) is 2.55. The van der Waals surface area contributed by atoms with E-state index in [9.17, 15) is 4.79 Å². The number of ketones is 1. The molecule has 0 aromatic carbocycles. The Morgan fingerprint density at radius 2 is 1.83 bits per heavy atom. The van der Waals surface area contributed by atoms with Crippen LogP contribution in [0.1, 0.15) is 58.3 Å². The van der Waals surface area contributed by atoms with Gasteiger partial charge in [0.25, 0.3) is 0 Å². The van der Waals surface area contributed by atoms with E-state index in [0.29, 0.717) is 11.7 Å². The Kier molecular flexibility index (Phi) is 5.23. The highest BCUT2D eigenvalue weighted by atomic mass is 16.1. The van der Waals surface area contributed by atoms with Gasteiger partial charge in [-0.1, -0.05) is 26.2 Å². The summed E-state index contributed by atoms with van der Waals surface area (Å²) < 4.78 is 0. The Morgan fingerprint density at radius 1 is 1.11 bits per heavy atom. The summed E-state index contributed by atoms with van der Waals surface area (Å²) in [4.78, 5) is 14.4. The molecule has 104 valence electrons. The Balaban J connectivity index is 1.77. The molecule has 2 atom stereocenters. The van der Waals surface area contributed by atoms with E-state index in [-0.39, 0.29) is 0 Å². The average Bonchev–Trinajstić information content (AvgIpc) is 2.84. The highest BCUT2D eigenvalue weighted by Crippen LogP contribution is 2.30. The third-order valence-corrected chi connectivity index (χ3v) is 5.03. The Labute approximate surface area is 112 Å². The molecule has 0 saturated heterocycles. The largest absolute Gasteiger partial charge is 0.305 e. The van der Waals surface area contributed by atoms with Gasteiger partial charge in [0.05, 0.1) is 0 Å². The zero-order valence-electron chi connectivity index (χ0n) is 12.2. The quantitative estimate of drug-likeness (QED) is 0.745. The SMILES string of the molecule is CCC1CCC(=O)C(CN(C)CC2CCCC2)C1. The fourth-order valence-electron chi connectivity index (χ4n) is 3.83. The van der Waals surface area contributed by atoms with Crippen LogP contribution in [0.5, 0.6) is 0 Å². The van der Waals surface area contributed by atoms with Gasteiger partial charge in [-0.25, -0.2) is 0 Å². The first-order chi connectivity index (χ1) is 8.69. The second-order valence-corrected chi connectivity index (χ2v) is 6.58. The molecule has 0 heterocycles. The van der Waals surface area contributed by atoms with E-state index in [0.717, 1.165) is 37.6 Å². The van der Waals surface area contributed by atoms with Crippen LogP contribution in [0.3, 0.4) is 0 Å². The van der Waals surface area contributed by atoms with Crippen LogP contribution in [-0.2, 0) is 4.79 Å². The van der Waals surface area contributed by atoms with Crippen molar-refractivity contribution < 1.29 is 4.79 Å². The van der Waals surface area contributed by atoms with E-state index in [1.807, 2.05) is 0 Å². The van der Waals surface area contributed by atoms with Crippen LogP contribution in [0.4, 0.5) is 0 Å². The van der Waals surface area contributed by atoms with Crippen molar-refractivity contribution in [2.75, 3.05) is 20.1 Å². The molecule has 2 aliphatic carbocycles. The van der Waals surface area contributed by atoms with Crippen molar-refractivity contribution in [1.82, 2.24) is 4.90 Å². The van der Waals surface area contributed by atoms with Gasteiger partial charge in [0.15, 0.2) is 0 Å². The van der Waals surface area contributed by atoms with Crippen LogP contribution in [0.25, 0.3) is 0 Å². The van der Waals surface area contributed by atoms with Crippen LogP contribution >= 0.6 is 0 Å². The van der Waals surface area contributed by atoms with Gasteiger partial charge in [0.1, 0.15) is 5.78 Å². The Hall–Kier alpha value is -0.370. The maximum atomic E-state index is 12.0. The van der Waals surface area contributed by atoms with Gasteiger partial charge in [-0.2, -0.15) is 0 Å². The lowest BCUT2D eigenvalue weighted by Crippen LogP contribution is -2.36. The minimum atomic E-state index is 0.329. The van der Waals surface area contributed by atoms with Crippen molar-refractivity contribution in [2.24, 2.45) is 17.8 Å². The fraction of sp³-hybridized carbons (Fsp3) is 0.938. The van der Waals surface area contributed by atoms with Crippen molar-refractivity contribution in [3.63, 3.8) is 0 Å². The fourth-order valence-corrected chi connectivity index (χ4v) is 3.83. The maximum absolute atomic E-state index is 12.0. The lowest BCUT2D eigenvalue weighted by atomic mass is 9.79. The van der Waals surface area contributed by atoms with Gasteiger partial charge < -0.3 is 4.90 Å². The summed E-state index contributed by atoms with van der Waals surface area (Å²) in [7, 11) is 2.21. The third-order valence-electron chi connectivity index (χ3n) is 5.03. The first-order valence-electron chi connectivity index (χ1n) is 7.90. The van der Waals surface area contributed by atoms with Crippen molar-refractivity contribution in [2.45, 2.75) is 58.3 Å². The maximum Gasteiger partial charge on any atom is 0.137 e. The number of hydrogen-bond donors (Lipinski definition) is 0. The van der Waals surface area contributed by atoms with Crippen LogP contribution in [0, 0.1) is 17.8 Å². The molecule has 0 spiro atoms. The van der Waals surface area contributed by atoms with E-state index in [4.69, 9.17) is 0 Å². The summed E-state index contributed by atoms with van der Waals surface area (Å²) in [6.45, 7) is 4.48. The molecule has 2 nitrogen and oxygen atoms in total. The number of carbonyl (C=O) groups excluding carboxylic acids is 1. The normalized spacial score (nSPS) is 30.3. The number of carbonyl (C=O) groups is 1. The molecule has 0 aliphatic heterocycles. The zero-order chi connectivity index (χ0) is 13.0. The molecule has 0 aromatic heterocycles. The lowest BCUT2D eigenvalue weighted by Gasteiger charge is -2.31. The molecule has 0 N–H and O–H groups in total. The number of rotatable bonds is 5. The van der Waals surface area contributed by atoms with E-state index < -0.39 is 0 Å². The molecule has 0 aromatic rings. The first kappa shape index (κ1) is 14.0. The van der Waals surface area contributed by atoms with E-state index in [2.05, 4.69) is 18.9 Å². The van der Waals surface area contributed by atoms with Gasteiger partial charge in [0, 0.05) is 25.4 Å². The summed E-state index contributed by atoms with van der Waals surface area (Å²) in [6, 6.07) is 0. The van der Waals surface area contributed by atoms with Crippen LogP contribution in [0.2, 0.25) is 0 Å². The highest BCUT2D eigenvalue weighted by Gasteiger charge is 2.29. The molecule has 0 bridgehead atoms. The minimum Gasteiger partial charge on any atom is -0.305 e. The second-order valence-electron chi connectivity index (χ2n) is 6.58. The molecule has 2 unspecified atom stereocenters. The molecule has 0 amide bonds. The Morgan fingerprint density at radius 3 is 2.50 bits per heavy atom. The summed E-state index contributed by atoms with van der Waals surface area (Å²) in [6.07, 6.45) is 10.00. The molecule has 2 fully saturated rings. The molecule has 2 heteroatoms. The second kappa shape index (κ2) is 6.70. The van der Waals surface area contributed by atoms with Crippen molar-refractivity contribution >= 4 is 5.78 Å². The summed E-state index contributed by atoms with van der Waals surface area (Å²) in [5, 5.41) is 0. The highest BCUT2D eigenvalue weighted by molar-refractivity contribution is 5.81. The predicted molar refractivity (Wildman–Crippen MR) is 75.6 cm³/mol. The first-order valence-corrected chi connectivity index (χ1v) is 7.90. The standard InChI is InChI=1S/C16H29NO/c1-3-13-8-9-16(18)15(10-13)12-17(2)11-14-6-4-5-7-14/h13-15H,3-12H2,1-2H3. The third kappa shape index (κ3) is 3.81. The van der Waals surface area contributed by atoms with Crippen LogP contribution in [-0.4, -0.2) is 30.8 Å². The number of Topliss-reactive ketones (excluding diaryl/α,β-unsaturated/α-hetero) is 1. The molecule has 2 saturated carbocycles. The predicted octanol–water partition coefficient (Wildman–Crippen LogP) is 3.50. The van der Waals surface area contributed by atoms with Crippen molar-refractivity contribution in [1.29, 1.82) is 0 Å². The van der Waals surface area contributed by atoms with Gasteiger partial charge >= 0.3 is 0 Å². The Bertz CT molecular complexity index is 270. The van der Waals surface area contributed by atoms with Gasteiger partial charge in [-0.05, 0) is 44.6 Å². The van der Waals surface area contributed by atoms with Crippen molar-refractivity contribution in [3.8, 4) is 0 Å². The van der Waals surface area contributed by atoms with Gasteiger partial charge in [-0.3, -0.25) is 4.79 Å². The number of nitrogens with zero attached hydrogens (tertiary/aromatic N) is 1. The number of hydrogen-bond acceptors (Lipinski definition) is 2. The smallest absolute Gasteiger partial charge is 0.137 e. The lowest BCUT2D eigenvalue weighted by molar-refractivity contribution is -0.126. The van der Waals surface area contributed by atoms with Crippen molar-refractivity contribution in [3.05, 3.63) is 0 Å². The molecule has 0 radical (unpaired) electrons. The topological polar surface area (TPSA) is 20.3 Å². The van der Waals surface area contributed by atoms with E-state index >= 15 is 0 Å². The van der Waals surface area contributed by atoms with Crippen LogP contribution < -0.4 is 0 Å². The van der Waals surface area contributed by atoms with Gasteiger partial charge in [0.2, 0.25) is 0 Å². The summed E-state index contributed by atoms with van der Waals surface area (Å²) >= 11 is 0. The van der Waals surface area contributed by atoms with E-state index in [1.54, 1.807) is 0 Å². The monoisotopic (exact) mass is 251 g/mol. The molecular formula is C16H29NO. The summed E-state index contributed by atoms with van der Waals surface area (Å²) in [5.41, 5.74) is 0. The minimum absolute atomic E-state index is 0.329. The molecule has 2 rings (SSSR count).